The van der Waals surface area contributed by atoms with Crippen molar-refractivity contribution >= 4 is 5.91 Å². The molecule has 30 heavy (non-hydrogen) atoms. The van der Waals surface area contributed by atoms with E-state index in [0.29, 0.717) is 12.3 Å². The topological polar surface area (TPSA) is 56.8 Å². The van der Waals surface area contributed by atoms with E-state index >= 15 is 0 Å². The lowest BCUT2D eigenvalue weighted by Crippen LogP contribution is -2.30. The lowest BCUT2D eigenvalue weighted by molar-refractivity contribution is -0.123. The summed E-state index contributed by atoms with van der Waals surface area (Å²) in [7, 11) is 1.65. The number of hydrogen-bond acceptors (Lipinski definition) is 4. The van der Waals surface area contributed by atoms with Crippen molar-refractivity contribution in [1.29, 1.82) is 0 Å². The molecule has 164 valence electrons. The molecule has 0 radical (unpaired) electrons. The number of nitrogens with one attached hydrogen (secondary N) is 1. The van der Waals surface area contributed by atoms with Gasteiger partial charge in [0.15, 0.2) is 6.61 Å². The summed E-state index contributed by atoms with van der Waals surface area (Å²) < 4.78 is 16.5. The van der Waals surface area contributed by atoms with Crippen LogP contribution in [0.25, 0.3) is 0 Å². The number of benzene rings is 2. The van der Waals surface area contributed by atoms with E-state index in [2.05, 4.69) is 12.2 Å². The van der Waals surface area contributed by atoms with Crippen LogP contribution in [0.2, 0.25) is 0 Å². The molecule has 1 N–H and O–H groups in total. The lowest BCUT2D eigenvalue weighted by Gasteiger charge is -2.09. The van der Waals surface area contributed by atoms with Gasteiger partial charge in [0.05, 0.1) is 13.7 Å². The Kier molecular flexibility index (Phi) is 11.3. The fourth-order valence-corrected chi connectivity index (χ4v) is 3.04. The van der Waals surface area contributed by atoms with Crippen molar-refractivity contribution in [1.82, 2.24) is 5.32 Å². The summed E-state index contributed by atoms with van der Waals surface area (Å²) in [6.07, 6.45) is 8.26. The standard InChI is InChI=1S/C25H35NO4/c1-3-4-5-6-7-8-19-29-23-13-15-24(16-14-23)30-20-25(27)26-18-17-21-9-11-22(28-2)12-10-21/h9-16H,3-8,17-20H2,1-2H3,(H,26,27). The molecule has 0 aliphatic heterocycles. The van der Waals surface area contributed by atoms with Gasteiger partial charge in [0.25, 0.3) is 5.91 Å². The van der Waals surface area contributed by atoms with Gasteiger partial charge in [0.1, 0.15) is 17.2 Å². The van der Waals surface area contributed by atoms with Crippen LogP contribution in [-0.2, 0) is 11.2 Å². The van der Waals surface area contributed by atoms with Crippen molar-refractivity contribution in [2.24, 2.45) is 0 Å². The largest absolute Gasteiger partial charge is 0.497 e. The summed E-state index contributed by atoms with van der Waals surface area (Å²) in [5.74, 6) is 2.19. The highest BCUT2D eigenvalue weighted by Gasteiger charge is 2.04. The Hall–Kier alpha value is -2.69. The molecule has 2 rings (SSSR count). The van der Waals surface area contributed by atoms with E-state index in [0.717, 1.165) is 36.5 Å². The lowest BCUT2D eigenvalue weighted by atomic mass is 10.1. The average Bonchev–Trinajstić information content (AvgIpc) is 2.78. The quantitative estimate of drug-likeness (QED) is 0.409. The van der Waals surface area contributed by atoms with Crippen LogP contribution in [0.5, 0.6) is 17.2 Å². The molecule has 0 saturated carbocycles. The van der Waals surface area contributed by atoms with Crippen LogP contribution in [0.4, 0.5) is 0 Å². The molecule has 0 aromatic heterocycles. The molecule has 5 heteroatoms. The molecule has 0 heterocycles. The first-order valence-corrected chi connectivity index (χ1v) is 11.0. The van der Waals surface area contributed by atoms with E-state index in [-0.39, 0.29) is 12.5 Å². The van der Waals surface area contributed by atoms with Gasteiger partial charge in [-0.15, -0.1) is 0 Å². The number of unbranched alkanes of at least 4 members (excludes halogenated alkanes) is 5. The number of hydrogen-bond donors (Lipinski definition) is 1. The first kappa shape index (κ1) is 23.6. The molecule has 2 aromatic carbocycles. The van der Waals surface area contributed by atoms with Crippen molar-refractivity contribution in [2.75, 3.05) is 26.9 Å². The van der Waals surface area contributed by atoms with E-state index in [1.165, 1.54) is 32.1 Å². The van der Waals surface area contributed by atoms with Crippen LogP contribution >= 0.6 is 0 Å². The molecule has 0 aliphatic rings. The zero-order valence-corrected chi connectivity index (χ0v) is 18.3. The van der Waals surface area contributed by atoms with Gasteiger partial charge >= 0.3 is 0 Å². The van der Waals surface area contributed by atoms with Crippen LogP contribution in [0.1, 0.15) is 51.0 Å². The number of rotatable bonds is 15. The maximum absolute atomic E-state index is 12.0. The molecule has 0 atom stereocenters. The van der Waals surface area contributed by atoms with Gasteiger partial charge in [0, 0.05) is 6.54 Å². The fraction of sp³-hybridized carbons (Fsp3) is 0.480. The number of carbonyl (C=O) groups is 1. The fourth-order valence-electron chi connectivity index (χ4n) is 3.04. The highest BCUT2D eigenvalue weighted by atomic mass is 16.5. The third kappa shape index (κ3) is 9.68. The zero-order chi connectivity index (χ0) is 21.4. The average molecular weight is 414 g/mol. The third-order valence-electron chi connectivity index (χ3n) is 4.86. The van der Waals surface area contributed by atoms with Gasteiger partial charge in [-0.2, -0.15) is 0 Å². The summed E-state index contributed by atoms with van der Waals surface area (Å²) in [5, 5.41) is 2.87. The SMILES string of the molecule is CCCCCCCCOc1ccc(OCC(=O)NCCc2ccc(OC)cc2)cc1. The third-order valence-corrected chi connectivity index (χ3v) is 4.86. The van der Waals surface area contributed by atoms with Gasteiger partial charge in [-0.3, -0.25) is 4.79 Å². The first-order chi connectivity index (χ1) is 14.7. The van der Waals surface area contributed by atoms with E-state index in [4.69, 9.17) is 14.2 Å². The zero-order valence-electron chi connectivity index (χ0n) is 18.3. The molecule has 0 fully saturated rings. The first-order valence-electron chi connectivity index (χ1n) is 11.0. The van der Waals surface area contributed by atoms with Gasteiger partial charge < -0.3 is 19.5 Å². The smallest absolute Gasteiger partial charge is 0.257 e. The minimum atomic E-state index is -0.132. The Labute approximate surface area is 180 Å². The van der Waals surface area contributed by atoms with Gasteiger partial charge in [-0.05, 0) is 54.8 Å². The maximum Gasteiger partial charge on any atom is 0.257 e. The van der Waals surface area contributed by atoms with E-state index in [1.807, 2.05) is 48.5 Å². The number of methoxy groups -OCH3 is 1. The summed E-state index contributed by atoms with van der Waals surface area (Å²) >= 11 is 0. The van der Waals surface area contributed by atoms with Crippen molar-refractivity contribution in [3.63, 3.8) is 0 Å². The van der Waals surface area contributed by atoms with Crippen molar-refractivity contribution in [2.45, 2.75) is 51.9 Å². The van der Waals surface area contributed by atoms with Crippen LogP contribution in [0.15, 0.2) is 48.5 Å². The summed E-state index contributed by atoms with van der Waals surface area (Å²) in [6, 6.07) is 15.3. The predicted octanol–water partition coefficient (Wildman–Crippen LogP) is 5.17. The van der Waals surface area contributed by atoms with Crippen molar-refractivity contribution in [3.8, 4) is 17.2 Å². The van der Waals surface area contributed by atoms with Crippen molar-refractivity contribution < 1.29 is 19.0 Å². The number of ether oxygens (including phenoxy) is 3. The minimum absolute atomic E-state index is 0.000572. The van der Waals surface area contributed by atoms with Crippen LogP contribution in [0.3, 0.4) is 0 Å². The number of carbonyl (C=O) groups excluding carboxylic acids is 1. The van der Waals surface area contributed by atoms with E-state index in [9.17, 15) is 4.79 Å². The van der Waals surface area contributed by atoms with Crippen LogP contribution in [-0.4, -0.2) is 32.8 Å². The second-order valence-corrected chi connectivity index (χ2v) is 7.32. The Morgan fingerprint density at radius 2 is 1.40 bits per heavy atom. The van der Waals surface area contributed by atoms with Crippen LogP contribution in [0, 0.1) is 0 Å². The van der Waals surface area contributed by atoms with Gasteiger partial charge in [0.2, 0.25) is 0 Å². The summed E-state index contributed by atoms with van der Waals surface area (Å²) in [4.78, 5) is 12.0. The Balaban J connectivity index is 1.57. The summed E-state index contributed by atoms with van der Waals surface area (Å²) in [6.45, 7) is 3.54. The molecule has 2 aromatic rings. The molecule has 5 nitrogen and oxygen atoms in total. The Morgan fingerprint density at radius 1 is 0.800 bits per heavy atom. The highest BCUT2D eigenvalue weighted by molar-refractivity contribution is 5.77. The highest BCUT2D eigenvalue weighted by Crippen LogP contribution is 2.18. The molecule has 0 aliphatic carbocycles. The molecule has 0 unspecified atom stereocenters. The Morgan fingerprint density at radius 3 is 2.07 bits per heavy atom. The number of amides is 1. The molecule has 0 saturated heterocycles. The molecule has 0 bridgehead atoms. The van der Waals surface area contributed by atoms with Crippen molar-refractivity contribution in [3.05, 3.63) is 54.1 Å². The Bertz CT molecular complexity index is 713. The maximum atomic E-state index is 12.0. The van der Waals surface area contributed by atoms with Gasteiger partial charge in [-0.1, -0.05) is 51.2 Å². The second kappa shape index (κ2) is 14.3. The second-order valence-electron chi connectivity index (χ2n) is 7.32. The molecule has 0 spiro atoms. The monoisotopic (exact) mass is 413 g/mol. The minimum Gasteiger partial charge on any atom is -0.497 e. The van der Waals surface area contributed by atoms with Gasteiger partial charge in [-0.25, -0.2) is 0 Å². The molecular formula is C25H35NO4. The van der Waals surface area contributed by atoms with E-state index in [1.54, 1.807) is 7.11 Å². The molecule has 1 amide bonds. The van der Waals surface area contributed by atoms with E-state index < -0.39 is 0 Å². The summed E-state index contributed by atoms with van der Waals surface area (Å²) in [5.41, 5.74) is 1.15. The van der Waals surface area contributed by atoms with Crippen LogP contribution < -0.4 is 19.5 Å². The normalized spacial score (nSPS) is 10.5. The predicted molar refractivity (Wildman–Crippen MR) is 121 cm³/mol. The molecular weight excluding hydrogens is 378 g/mol.